The van der Waals surface area contributed by atoms with Crippen LogP contribution in [0.5, 0.6) is 5.75 Å². The van der Waals surface area contributed by atoms with Crippen LogP contribution in [0.15, 0.2) is 48.5 Å². The van der Waals surface area contributed by atoms with E-state index in [2.05, 4.69) is 12.1 Å². The van der Waals surface area contributed by atoms with Gasteiger partial charge in [0.2, 0.25) is 0 Å². The predicted octanol–water partition coefficient (Wildman–Crippen LogP) is 3.42. The zero-order chi connectivity index (χ0) is 12.8. The Labute approximate surface area is 106 Å². The third-order valence-electron chi connectivity index (χ3n) is 2.67. The van der Waals surface area contributed by atoms with Gasteiger partial charge in [-0.05, 0) is 30.5 Å². The molecule has 0 aliphatic heterocycles. The van der Waals surface area contributed by atoms with Crippen LogP contribution in [-0.2, 0) is 6.42 Å². The summed E-state index contributed by atoms with van der Waals surface area (Å²) in [5, 5.41) is 0. The van der Waals surface area contributed by atoms with E-state index in [9.17, 15) is 4.39 Å². The van der Waals surface area contributed by atoms with Crippen molar-refractivity contribution in [1.29, 1.82) is 0 Å². The van der Waals surface area contributed by atoms with Gasteiger partial charge in [-0.25, -0.2) is 4.39 Å². The third-order valence-corrected chi connectivity index (χ3v) is 2.67. The molecule has 2 aromatic rings. The molecule has 2 rings (SSSR count). The van der Waals surface area contributed by atoms with Crippen LogP contribution in [-0.4, -0.2) is 6.61 Å². The molecular formula is C15H16FNO. The van der Waals surface area contributed by atoms with E-state index in [1.165, 1.54) is 11.6 Å². The van der Waals surface area contributed by atoms with Crippen LogP contribution in [0.1, 0.15) is 12.0 Å². The Morgan fingerprint density at radius 1 is 1.06 bits per heavy atom. The second-order valence-corrected chi connectivity index (χ2v) is 4.13. The molecule has 94 valence electrons. The SMILES string of the molecule is Nc1ccc(OCCCc2ccccc2)c(F)c1. The molecule has 0 spiro atoms. The molecule has 2 N–H and O–H groups in total. The van der Waals surface area contributed by atoms with E-state index in [4.69, 9.17) is 10.5 Å². The maximum absolute atomic E-state index is 13.4. The number of anilines is 1. The number of ether oxygens (including phenoxy) is 1. The van der Waals surface area contributed by atoms with Crippen LogP contribution in [0.2, 0.25) is 0 Å². The number of benzene rings is 2. The van der Waals surface area contributed by atoms with Gasteiger partial charge in [0, 0.05) is 11.8 Å². The molecule has 0 aliphatic rings. The Hall–Kier alpha value is -2.03. The number of hydrogen-bond acceptors (Lipinski definition) is 2. The van der Waals surface area contributed by atoms with Crippen molar-refractivity contribution in [2.75, 3.05) is 12.3 Å². The smallest absolute Gasteiger partial charge is 0.167 e. The van der Waals surface area contributed by atoms with Gasteiger partial charge in [-0.15, -0.1) is 0 Å². The summed E-state index contributed by atoms with van der Waals surface area (Å²) in [7, 11) is 0. The summed E-state index contributed by atoms with van der Waals surface area (Å²) in [6.07, 6.45) is 1.78. The van der Waals surface area contributed by atoms with Crippen LogP contribution in [0.4, 0.5) is 10.1 Å². The molecule has 0 saturated heterocycles. The highest BCUT2D eigenvalue weighted by molar-refractivity contribution is 5.42. The summed E-state index contributed by atoms with van der Waals surface area (Å²) < 4.78 is 18.8. The molecule has 0 bridgehead atoms. The molecule has 18 heavy (non-hydrogen) atoms. The van der Waals surface area contributed by atoms with Gasteiger partial charge >= 0.3 is 0 Å². The molecule has 0 amide bonds. The van der Waals surface area contributed by atoms with Gasteiger partial charge in [-0.2, -0.15) is 0 Å². The lowest BCUT2D eigenvalue weighted by molar-refractivity contribution is 0.296. The number of rotatable bonds is 5. The normalized spacial score (nSPS) is 10.3. The molecule has 0 radical (unpaired) electrons. The van der Waals surface area contributed by atoms with Crippen molar-refractivity contribution in [1.82, 2.24) is 0 Å². The Balaban J connectivity index is 1.79. The minimum Gasteiger partial charge on any atom is -0.491 e. The van der Waals surface area contributed by atoms with Crippen LogP contribution in [0, 0.1) is 5.82 Å². The molecule has 2 aromatic carbocycles. The Kier molecular flexibility index (Phi) is 4.18. The first-order valence-electron chi connectivity index (χ1n) is 5.97. The highest BCUT2D eigenvalue weighted by atomic mass is 19.1. The van der Waals surface area contributed by atoms with Crippen molar-refractivity contribution in [2.45, 2.75) is 12.8 Å². The fourth-order valence-corrected chi connectivity index (χ4v) is 1.74. The van der Waals surface area contributed by atoms with Crippen molar-refractivity contribution in [3.05, 3.63) is 59.9 Å². The summed E-state index contributed by atoms with van der Waals surface area (Å²) in [5.74, 6) is -0.146. The Morgan fingerprint density at radius 3 is 2.56 bits per heavy atom. The lowest BCUT2D eigenvalue weighted by atomic mass is 10.1. The third kappa shape index (κ3) is 3.48. The largest absolute Gasteiger partial charge is 0.491 e. The van der Waals surface area contributed by atoms with E-state index in [0.29, 0.717) is 12.3 Å². The van der Waals surface area contributed by atoms with Gasteiger partial charge < -0.3 is 10.5 Å². The number of hydrogen-bond donors (Lipinski definition) is 1. The zero-order valence-corrected chi connectivity index (χ0v) is 10.1. The van der Waals surface area contributed by atoms with Crippen molar-refractivity contribution in [3.63, 3.8) is 0 Å². The number of nitrogens with two attached hydrogens (primary N) is 1. The molecule has 0 unspecified atom stereocenters. The molecule has 0 saturated carbocycles. The topological polar surface area (TPSA) is 35.2 Å². The average molecular weight is 245 g/mol. The van der Waals surface area contributed by atoms with Crippen LogP contribution in [0.25, 0.3) is 0 Å². The van der Waals surface area contributed by atoms with E-state index in [-0.39, 0.29) is 5.75 Å². The molecule has 0 atom stereocenters. The average Bonchev–Trinajstić information content (AvgIpc) is 2.38. The van der Waals surface area contributed by atoms with Crippen molar-refractivity contribution in [3.8, 4) is 5.75 Å². The standard InChI is InChI=1S/C15H16FNO/c16-14-11-13(17)8-9-15(14)18-10-4-7-12-5-2-1-3-6-12/h1-3,5-6,8-9,11H,4,7,10,17H2. The summed E-state index contributed by atoms with van der Waals surface area (Å²) in [5.41, 5.74) is 7.13. The highest BCUT2D eigenvalue weighted by Crippen LogP contribution is 2.19. The van der Waals surface area contributed by atoms with Gasteiger partial charge in [0.25, 0.3) is 0 Å². The second-order valence-electron chi connectivity index (χ2n) is 4.13. The number of aryl methyl sites for hydroxylation is 1. The first-order valence-corrected chi connectivity index (χ1v) is 5.97. The summed E-state index contributed by atoms with van der Waals surface area (Å²) in [4.78, 5) is 0. The zero-order valence-electron chi connectivity index (χ0n) is 10.1. The molecular weight excluding hydrogens is 229 g/mol. The van der Waals surface area contributed by atoms with Crippen LogP contribution >= 0.6 is 0 Å². The van der Waals surface area contributed by atoms with Crippen molar-refractivity contribution < 1.29 is 9.13 Å². The van der Waals surface area contributed by atoms with E-state index in [1.807, 2.05) is 18.2 Å². The quantitative estimate of drug-likeness (QED) is 0.647. The minimum absolute atomic E-state index is 0.261. The molecule has 2 nitrogen and oxygen atoms in total. The first kappa shape index (κ1) is 12.4. The van der Waals surface area contributed by atoms with Gasteiger partial charge in [0.05, 0.1) is 6.61 Å². The van der Waals surface area contributed by atoms with Gasteiger partial charge in [0.15, 0.2) is 11.6 Å². The van der Waals surface area contributed by atoms with Gasteiger partial charge in [-0.1, -0.05) is 30.3 Å². The van der Waals surface area contributed by atoms with Gasteiger partial charge in [-0.3, -0.25) is 0 Å². The second kappa shape index (κ2) is 6.05. The molecule has 0 aliphatic carbocycles. The maximum atomic E-state index is 13.4. The lowest BCUT2D eigenvalue weighted by Crippen LogP contribution is -2.01. The van der Waals surface area contributed by atoms with E-state index < -0.39 is 5.82 Å². The van der Waals surface area contributed by atoms with Gasteiger partial charge in [0.1, 0.15) is 0 Å². The summed E-state index contributed by atoms with van der Waals surface area (Å²) in [6.45, 7) is 0.496. The minimum atomic E-state index is -0.408. The Bertz CT molecular complexity index is 499. The van der Waals surface area contributed by atoms with E-state index >= 15 is 0 Å². The summed E-state index contributed by atoms with van der Waals surface area (Å²) in [6, 6.07) is 14.6. The van der Waals surface area contributed by atoms with Crippen LogP contribution < -0.4 is 10.5 Å². The van der Waals surface area contributed by atoms with Crippen molar-refractivity contribution in [2.24, 2.45) is 0 Å². The number of halogens is 1. The fraction of sp³-hybridized carbons (Fsp3) is 0.200. The Morgan fingerprint density at radius 2 is 1.83 bits per heavy atom. The molecule has 0 aromatic heterocycles. The highest BCUT2D eigenvalue weighted by Gasteiger charge is 2.03. The molecule has 0 fully saturated rings. The van der Waals surface area contributed by atoms with E-state index in [0.717, 1.165) is 12.8 Å². The fourth-order valence-electron chi connectivity index (χ4n) is 1.74. The van der Waals surface area contributed by atoms with E-state index in [1.54, 1.807) is 12.1 Å². The summed E-state index contributed by atoms with van der Waals surface area (Å²) >= 11 is 0. The monoisotopic (exact) mass is 245 g/mol. The number of nitrogen functional groups attached to an aromatic ring is 1. The maximum Gasteiger partial charge on any atom is 0.167 e. The van der Waals surface area contributed by atoms with Crippen molar-refractivity contribution >= 4 is 5.69 Å². The lowest BCUT2D eigenvalue weighted by Gasteiger charge is -2.07. The predicted molar refractivity (Wildman–Crippen MR) is 71.1 cm³/mol. The first-order chi connectivity index (χ1) is 8.75. The molecule has 3 heteroatoms. The van der Waals surface area contributed by atoms with Crippen LogP contribution in [0.3, 0.4) is 0 Å². The molecule has 0 heterocycles.